The summed E-state index contributed by atoms with van der Waals surface area (Å²) in [6.45, 7) is 1.88. The Kier molecular flexibility index (Phi) is 6.32. The Morgan fingerprint density at radius 1 is 1.18 bits per heavy atom. The smallest absolute Gasteiger partial charge is 0.254 e. The zero-order valence-corrected chi connectivity index (χ0v) is 21.6. The highest BCUT2D eigenvalue weighted by molar-refractivity contribution is 6.10. The highest BCUT2D eigenvalue weighted by Crippen LogP contribution is 2.43. The number of nitrogens with one attached hydrogen (secondary N) is 2. The predicted molar refractivity (Wildman–Crippen MR) is 145 cm³/mol. The lowest BCUT2D eigenvalue weighted by molar-refractivity contribution is -0.119. The van der Waals surface area contributed by atoms with Crippen molar-refractivity contribution in [3.05, 3.63) is 60.2 Å². The molecule has 1 amide bonds. The van der Waals surface area contributed by atoms with E-state index < -0.39 is 11.9 Å². The van der Waals surface area contributed by atoms with E-state index in [4.69, 9.17) is 9.72 Å². The number of carbonyl (C=O) groups is 1. The number of fused-ring (bicyclic) bond motifs is 2. The van der Waals surface area contributed by atoms with Crippen molar-refractivity contribution in [3.63, 3.8) is 0 Å². The molecule has 2 N–H and O–H groups in total. The minimum atomic E-state index is -0.505. The first kappa shape index (κ1) is 24.8. The average molecular weight is 527 g/mol. The Morgan fingerprint density at radius 3 is 2.77 bits per heavy atom. The molecule has 10 nitrogen and oxygen atoms in total. The predicted octanol–water partition coefficient (Wildman–Crippen LogP) is 4.94. The zero-order chi connectivity index (χ0) is 27.1. The summed E-state index contributed by atoms with van der Waals surface area (Å²) >= 11 is 0. The molecule has 4 aromatic rings. The zero-order valence-electron chi connectivity index (χ0n) is 21.6. The Labute approximate surface area is 224 Å². The van der Waals surface area contributed by atoms with Crippen molar-refractivity contribution in [2.75, 3.05) is 22.2 Å². The van der Waals surface area contributed by atoms with Gasteiger partial charge in [-0.25, -0.2) is 9.37 Å². The average Bonchev–Trinajstić information content (AvgIpc) is 3.44. The summed E-state index contributed by atoms with van der Waals surface area (Å²) in [5.74, 6) is 0.319. The van der Waals surface area contributed by atoms with Crippen LogP contribution in [0.25, 0.3) is 10.9 Å². The van der Waals surface area contributed by atoms with Crippen LogP contribution in [0.2, 0.25) is 0 Å². The van der Waals surface area contributed by atoms with Crippen LogP contribution >= 0.6 is 0 Å². The number of H-pyrrole nitrogens is 1. The molecule has 1 aliphatic heterocycles. The van der Waals surface area contributed by atoms with Crippen molar-refractivity contribution in [1.29, 1.82) is 5.26 Å². The molecule has 0 spiro atoms. The van der Waals surface area contributed by atoms with Crippen molar-refractivity contribution < 1.29 is 13.9 Å². The molecule has 1 aliphatic carbocycles. The molecule has 2 aliphatic rings. The molecule has 2 aromatic heterocycles. The second-order valence-electron chi connectivity index (χ2n) is 9.91. The summed E-state index contributed by atoms with van der Waals surface area (Å²) in [5.41, 5.74) is 2.36. The normalized spacial score (nSPS) is 21.1. The fourth-order valence-corrected chi connectivity index (χ4v) is 5.63. The lowest BCUT2D eigenvalue weighted by Crippen LogP contribution is -2.55. The Bertz CT molecular complexity index is 1590. The monoisotopic (exact) mass is 526 g/mol. The molecule has 1 saturated carbocycles. The van der Waals surface area contributed by atoms with Crippen LogP contribution in [0.15, 0.2) is 48.8 Å². The number of hydrogen-bond donors (Lipinski definition) is 2. The third kappa shape index (κ3) is 4.42. The largest absolute Gasteiger partial charge is 0.381 e. The number of hydrogen-bond acceptors (Lipinski definition) is 8. The van der Waals surface area contributed by atoms with E-state index in [0.717, 1.165) is 25.7 Å². The van der Waals surface area contributed by atoms with Crippen molar-refractivity contribution in [2.45, 2.75) is 50.8 Å². The van der Waals surface area contributed by atoms with E-state index in [1.54, 1.807) is 54.7 Å². The second kappa shape index (κ2) is 9.96. The summed E-state index contributed by atoms with van der Waals surface area (Å²) in [6, 6.07) is 11.8. The molecule has 0 bridgehead atoms. The molecule has 1 fully saturated rings. The third-order valence-electron chi connectivity index (χ3n) is 7.59. The lowest BCUT2D eigenvalue weighted by Gasteiger charge is -2.46. The summed E-state index contributed by atoms with van der Waals surface area (Å²) in [4.78, 5) is 26.9. The number of aromatic nitrogens is 4. The molecule has 6 rings (SSSR count). The van der Waals surface area contributed by atoms with Gasteiger partial charge in [0.15, 0.2) is 11.6 Å². The van der Waals surface area contributed by atoms with Gasteiger partial charge >= 0.3 is 0 Å². The van der Waals surface area contributed by atoms with Crippen LogP contribution in [0.3, 0.4) is 0 Å². The van der Waals surface area contributed by atoms with Gasteiger partial charge in [0.1, 0.15) is 17.2 Å². The van der Waals surface area contributed by atoms with Crippen LogP contribution in [0, 0.1) is 17.1 Å². The number of methoxy groups -OCH3 is 1. The number of rotatable bonds is 5. The van der Waals surface area contributed by atoms with E-state index in [0.29, 0.717) is 39.3 Å². The van der Waals surface area contributed by atoms with E-state index in [-0.39, 0.29) is 24.0 Å². The van der Waals surface area contributed by atoms with Crippen LogP contribution in [-0.4, -0.2) is 51.4 Å². The minimum Gasteiger partial charge on any atom is -0.381 e. The third-order valence-corrected chi connectivity index (χ3v) is 7.59. The van der Waals surface area contributed by atoms with Crippen LogP contribution in [-0.2, 0) is 9.53 Å². The van der Waals surface area contributed by atoms with Crippen molar-refractivity contribution in [3.8, 4) is 6.07 Å². The Hall–Kier alpha value is -4.56. The van der Waals surface area contributed by atoms with E-state index in [9.17, 15) is 14.4 Å². The molecule has 0 radical (unpaired) electrons. The van der Waals surface area contributed by atoms with E-state index in [2.05, 4.69) is 31.5 Å². The van der Waals surface area contributed by atoms with Gasteiger partial charge in [0, 0.05) is 24.2 Å². The van der Waals surface area contributed by atoms with Gasteiger partial charge < -0.3 is 15.0 Å². The minimum absolute atomic E-state index is 0.0872. The number of amides is 1. The fourth-order valence-electron chi connectivity index (χ4n) is 5.63. The molecule has 0 saturated heterocycles. The molecule has 198 valence electrons. The molecule has 0 unspecified atom stereocenters. The Morgan fingerprint density at radius 2 is 2.00 bits per heavy atom. The number of anilines is 5. The first-order valence-electron chi connectivity index (χ1n) is 12.9. The Balaban J connectivity index is 1.43. The first-order valence-corrected chi connectivity index (χ1v) is 12.9. The first-order chi connectivity index (χ1) is 19.0. The summed E-state index contributed by atoms with van der Waals surface area (Å²) in [6.07, 6.45) is 6.86. The van der Waals surface area contributed by atoms with Crippen LogP contribution in [0.4, 0.5) is 33.2 Å². The highest BCUT2D eigenvalue weighted by Gasteiger charge is 2.42. The van der Waals surface area contributed by atoms with Crippen LogP contribution in [0.1, 0.15) is 38.2 Å². The molecule has 2 aromatic carbocycles. The second-order valence-corrected chi connectivity index (χ2v) is 9.91. The SMILES string of the molecule is CO[C@H]1CC[C@@H](N2c3nc(Nc4cc(F)c5[nH]ncc5c4)ncc3N(c3cccc(C#N)c3)C(=O)[C@H]2C)CC1. The molecule has 11 heteroatoms. The van der Waals surface area contributed by atoms with Gasteiger partial charge in [-0.3, -0.25) is 14.8 Å². The number of nitrogens with zero attached hydrogens (tertiary/aromatic N) is 6. The number of halogens is 1. The van der Waals surface area contributed by atoms with Gasteiger partial charge in [0.05, 0.1) is 35.8 Å². The van der Waals surface area contributed by atoms with Gasteiger partial charge in [-0.15, -0.1) is 0 Å². The van der Waals surface area contributed by atoms with Crippen LogP contribution < -0.4 is 15.1 Å². The van der Waals surface area contributed by atoms with E-state index >= 15 is 0 Å². The summed E-state index contributed by atoms with van der Waals surface area (Å²) in [5, 5.41) is 19.7. The van der Waals surface area contributed by atoms with E-state index in [1.165, 1.54) is 6.07 Å². The standard InChI is InChI=1S/C28H27FN8O2/c1-16-27(38)37(21-5-3-4-17(10-21)13-30)24-15-31-28(33-19-11-18-14-32-35-25(18)23(29)12-19)34-26(24)36(16)20-6-8-22(39-2)9-7-20/h3-5,10-12,14-16,20,22H,6-9H2,1-2H3,(H,32,35)(H,31,33,34)/t16-,20-,22+/m1/s1. The van der Waals surface area contributed by atoms with Gasteiger partial charge in [0.2, 0.25) is 5.95 Å². The van der Waals surface area contributed by atoms with Gasteiger partial charge in [0.25, 0.3) is 5.91 Å². The van der Waals surface area contributed by atoms with Crippen molar-refractivity contribution in [2.24, 2.45) is 0 Å². The summed E-state index contributed by atoms with van der Waals surface area (Å²) < 4.78 is 20.1. The topological polar surface area (TPSA) is 123 Å². The fraction of sp³-hybridized carbons (Fsp3) is 0.321. The summed E-state index contributed by atoms with van der Waals surface area (Å²) in [7, 11) is 1.73. The van der Waals surface area contributed by atoms with Crippen LogP contribution in [0.5, 0.6) is 0 Å². The number of ether oxygens (including phenoxy) is 1. The van der Waals surface area contributed by atoms with Gasteiger partial charge in [-0.05, 0) is 62.9 Å². The quantitative estimate of drug-likeness (QED) is 0.375. The number of carbonyl (C=O) groups excluding carboxylic acids is 1. The molecular weight excluding hydrogens is 499 g/mol. The number of nitriles is 1. The van der Waals surface area contributed by atoms with Gasteiger partial charge in [-0.2, -0.15) is 15.3 Å². The maximum atomic E-state index is 14.6. The molecule has 39 heavy (non-hydrogen) atoms. The highest BCUT2D eigenvalue weighted by atomic mass is 19.1. The number of aromatic amines is 1. The number of benzene rings is 2. The maximum Gasteiger partial charge on any atom is 0.254 e. The van der Waals surface area contributed by atoms with E-state index in [1.807, 2.05) is 6.92 Å². The molecule has 1 atom stereocenters. The molecule has 3 heterocycles. The van der Waals surface area contributed by atoms with Crippen molar-refractivity contribution in [1.82, 2.24) is 20.2 Å². The van der Waals surface area contributed by atoms with Crippen molar-refractivity contribution >= 4 is 45.6 Å². The maximum absolute atomic E-state index is 14.6. The molecular formula is C28H27FN8O2. The van der Waals surface area contributed by atoms with Gasteiger partial charge in [-0.1, -0.05) is 6.07 Å². The lowest BCUT2D eigenvalue weighted by atomic mass is 9.90.